The van der Waals surface area contributed by atoms with Gasteiger partial charge in [0, 0.05) is 12.7 Å². The molecule has 0 saturated carbocycles. The van der Waals surface area contributed by atoms with Gasteiger partial charge in [0.2, 0.25) is 9.30 Å². The van der Waals surface area contributed by atoms with E-state index >= 15 is 0 Å². The van der Waals surface area contributed by atoms with Crippen LogP contribution in [-0.2, 0) is 19.5 Å². The molecule has 1 aromatic carbocycles. The van der Waals surface area contributed by atoms with Crippen LogP contribution in [0.2, 0.25) is 0 Å². The Bertz CT molecular complexity index is 940. The van der Waals surface area contributed by atoms with Crippen LogP contribution in [0.4, 0.5) is 0 Å². The van der Waals surface area contributed by atoms with E-state index in [4.69, 9.17) is 19.3 Å². The predicted octanol–water partition coefficient (Wildman–Crippen LogP) is -0.755. The van der Waals surface area contributed by atoms with Crippen molar-refractivity contribution in [1.82, 2.24) is 14.6 Å². The molecule has 0 spiro atoms. The van der Waals surface area contributed by atoms with Crippen LogP contribution in [0.3, 0.4) is 0 Å². The van der Waals surface area contributed by atoms with Crippen LogP contribution in [0.5, 0.6) is 5.75 Å². The summed E-state index contributed by atoms with van der Waals surface area (Å²) in [6.45, 7) is 2.02. The minimum atomic E-state index is -4.07. The van der Waals surface area contributed by atoms with Gasteiger partial charge in [-0.1, -0.05) is 11.3 Å². The Morgan fingerprint density at radius 1 is 1.15 bits per heavy atom. The zero-order chi connectivity index (χ0) is 18.6. The van der Waals surface area contributed by atoms with Crippen LogP contribution in [0.1, 0.15) is 0 Å². The van der Waals surface area contributed by atoms with Crippen molar-refractivity contribution in [3.63, 3.8) is 0 Å². The first kappa shape index (κ1) is 22.2. The Morgan fingerprint density at radius 3 is 2.48 bits per heavy atom. The molecule has 0 aliphatic rings. The molecule has 0 atom stereocenters. The summed E-state index contributed by atoms with van der Waals surface area (Å²) in [6.07, 6.45) is 1.63. The summed E-state index contributed by atoms with van der Waals surface area (Å²) in [6, 6.07) is 7.36. The van der Waals surface area contributed by atoms with Gasteiger partial charge in [-0.05, 0) is 24.3 Å². The van der Waals surface area contributed by atoms with E-state index in [0.29, 0.717) is 42.8 Å². The number of fused-ring (bicyclic) bond motifs is 1. The molecule has 0 bridgehead atoms. The molecule has 12 heteroatoms. The van der Waals surface area contributed by atoms with Gasteiger partial charge in [-0.25, -0.2) is 17.9 Å². The molecule has 0 aliphatic heterocycles. The van der Waals surface area contributed by atoms with Gasteiger partial charge in [0.05, 0.1) is 31.7 Å². The summed E-state index contributed by atoms with van der Waals surface area (Å²) >= 11 is 0.860. The number of ether oxygens (including phenoxy) is 3. The molecule has 140 valence electrons. The molecule has 0 saturated heterocycles. The smallest absolute Gasteiger partial charge is 0.558 e. The fourth-order valence-corrected chi connectivity index (χ4v) is 3.59. The standard InChI is InChI=1S/C15H17N4O5S2.Na/c1-22-6-7-23-8-9-24-12-4-2-11(3-5-12)13-10-19-14(17-13)25-15(18-19)26(16,20)21;/h2-5,10H,6-9H2,1H3,(H-,16,20,21);/q-1;+1. The van der Waals surface area contributed by atoms with Crippen molar-refractivity contribution in [2.75, 3.05) is 33.5 Å². The minimum Gasteiger partial charge on any atom is -0.558 e. The van der Waals surface area contributed by atoms with Crippen molar-refractivity contribution in [3.8, 4) is 17.0 Å². The SMILES string of the molecule is COCCOCCOc1ccc(-c2cn3nc(S([NH-])(=O)=O)sc3n2)cc1.[Na+]. The molecule has 2 aromatic heterocycles. The summed E-state index contributed by atoms with van der Waals surface area (Å²) in [5.74, 6) is 0.714. The molecule has 9 nitrogen and oxygen atoms in total. The number of hydrogen-bond acceptors (Lipinski definition) is 8. The van der Waals surface area contributed by atoms with Gasteiger partial charge in [-0.15, -0.1) is 5.10 Å². The monoisotopic (exact) mass is 420 g/mol. The van der Waals surface area contributed by atoms with Crippen molar-refractivity contribution >= 4 is 26.3 Å². The van der Waals surface area contributed by atoms with E-state index in [2.05, 4.69) is 10.1 Å². The Hall–Kier alpha value is -1.05. The number of sulfonamides is 1. The number of nitrogens with one attached hydrogen (secondary N) is 1. The van der Waals surface area contributed by atoms with Gasteiger partial charge in [-0.3, -0.25) is 0 Å². The van der Waals surface area contributed by atoms with Crippen molar-refractivity contribution in [2.45, 2.75) is 4.34 Å². The average molecular weight is 420 g/mol. The van der Waals surface area contributed by atoms with Crippen molar-refractivity contribution in [3.05, 3.63) is 35.6 Å². The van der Waals surface area contributed by atoms with E-state index in [0.717, 1.165) is 16.9 Å². The first-order valence-corrected chi connectivity index (χ1v) is 9.93. The summed E-state index contributed by atoms with van der Waals surface area (Å²) in [5.41, 5.74) is 1.51. The van der Waals surface area contributed by atoms with Gasteiger partial charge < -0.3 is 19.3 Å². The molecule has 3 aromatic rings. The first-order chi connectivity index (χ1) is 12.5. The van der Waals surface area contributed by atoms with Gasteiger partial charge in [0.25, 0.3) is 0 Å². The maximum absolute atomic E-state index is 11.2. The molecule has 0 unspecified atom stereocenters. The molecule has 0 amide bonds. The van der Waals surface area contributed by atoms with Crippen LogP contribution in [0, 0.1) is 0 Å². The van der Waals surface area contributed by atoms with E-state index in [1.54, 1.807) is 13.3 Å². The first-order valence-electron chi connectivity index (χ1n) is 7.63. The van der Waals surface area contributed by atoms with Crippen molar-refractivity contribution in [1.29, 1.82) is 0 Å². The maximum Gasteiger partial charge on any atom is 1.00 e. The molecular formula is C15H17N4NaO5S2. The number of aromatic nitrogens is 3. The molecule has 0 aliphatic carbocycles. The second-order valence-corrected chi connectivity index (χ2v) is 7.81. The van der Waals surface area contributed by atoms with Crippen molar-refractivity contribution < 1.29 is 52.2 Å². The van der Waals surface area contributed by atoms with E-state index in [9.17, 15) is 8.42 Å². The summed E-state index contributed by atoms with van der Waals surface area (Å²) in [7, 11) is -2.45. The largest absolute Gasteiger partial charge is 1.00 e. The minimum absolute atomic E-state index is 0. The molecule has 0 radical (unpaired) electrons. The third-order valence-electron chi connectivity index (χ3n) is 3.33. The van der Waals surface area contributed by atoms with Crippen LogP contribution in [0.25, 0.3) is 21.4 Å². The molecular weight excluding hydrogens is 403 g/mol. The van der Waals surface area contributed by atoms with E-state index in [-0.39, 0.29) is 33.9 Å². The topological polar surface area (TPSA) is 116 Å². The average Bonchev–Trinajstić information content (AvgIpc) is 3.17. The van der Waals surface area contributed by atoms with Crippen LogP contribution in [-0.4, -0.2) is 56.6 Å². The van der Waals surface area contributed by atoms with Gasteiger partial charge >= 0.3 is 29.6 Å². The number of rotatable bonds is 9. The molecule has 27 heavy (non-hydrogen) atoms. The molecule has 3 rings (SSSR count). The fraction of sp³-hybridized carbons (Fsp3) is 0.333. The third kappa shape index (κ3) is 5.96. The number of methoxy groups -OCH3 is 1. The van der Waals surface area contributed by atoms with Crippen LogP contribution < -0.4 is 34.3 Å². The fourth-order valence-electron chi connectivity index (χ4n) is 2.11. The molecule has 1 N–H and O–H groups in total. The summed E-state index contributed by atoms with van der Waals surface area (Å²) in [5, 5.41) is 10.9. The number of nitrogens with zero attached hydrogens (tertiary/aromatic N) is 3. The van der Waals surface area contributed by atoms with E-state index < -0.39 is 10.0 Å². The Kier molecular flexibility index (Phi) is 8.19. The van der Waals surface area contributed by atoms with Gasteiger partial charge in [0.15, 0.2) is 0 Å². The normalized spacial score (nSPS) is 11.5. The van der Waals surface area contributed by atoms with Gasteiger partial charge in [0.1, 0.15) is 22.4 Å². The van der Waals surface area contributed by atoms with Crippen LogP contribution >= 0.6 is 11.3 Å². The summed E-state index contributed by atoms with van der Waals surface area (Å²) in [4.78, 5) is 4.77. The molecule has 0 fully saturated rings. The van der Waals surface area contributed by atoms with Gasteiger partial charge in [-0.2, -0.15) is 0 Å². The van der Waals surface area contributed by atoms with Crippen LogP contribution in [0.15, 0.2) is 34.8 Å². The number of hydrogen-bond donors (Lipinski definition) is 0. The zero-order valence-corrected chi connectivity index (χ0v) is 18.5. The Balaban J connectivity index is 0.00000261. The Morgan fingerprint density at radius 2 is 1.85 bits per heavy atom. The summed E-state index contributed by atoms with van der Waals surface area (Å²) < 4.78 is 39.3. The third-order valence-corrected chi connectivity index (χ3v) is 5.50. The quantitative estimate of drug-likeness (QED) is 0.330. The molecule has 2 heterocycles. The number of benzene rings is 1. The predicted molar refractivity (Wildman–Crippen MR) is 96.0 cm³/mol. The van der Waals surface area contributed by atoms with Crippen molar-refractivity contribution in [2.24, 2.45) is 0 Å². The van der Waals surface area contributed by atoms with E-state index in [1.165, 1.54) is 4.52 Å². The second-order valence-electron chi connectivity index (χ2n) is 5.20. The Labute approximate surface area is 182 Å². The number of imidazole rings is 1. The maximum atomic E-state index is 11.2. The second kappa shape index (κ2) is 9.94. The van der Waals surface area contributed by atoms with E-state index in [1.807, 2.05) is 24.3 Å². The zero-order valence-electron chi connectivity index (χ0n) is 14.9.